The Labute approximate surface area is 231 Å². The van der Waals surface area contributed by atoms with Crippen LogP contribution in [0.1, 0.15) is 38.2 Å². The van der Waals surface area contributed by atoms with Gasteiger partial charge in [0.1, 0.15) is 17.8 Å². The maximum Gasteiger partial charge on any atom is 0.306 e. The van der Waals surface area contributed by atoms with Gasteiger partial charge in [0.05, 0.1) is 32.7 Å². The van der Waals surface area contributed by atoms with Crippen molar-refractivity contribution in [2.75, 3.05) is 26.9 Å². The average Bonchev–Trinajstić information content (AvgIpc) is 3.40. The van der Waals surface area contributed by atoms with E-state index in [1.807, 2.05) is 0 Å². The second kappa shape index (κ2) is 11.1. The lowest BCUT2D eigenvalue weighted by molar-refractivity contribution is -0.397. The Morgan fingerprint density at radius 3 is 2.60 bits per heavy atom. The number of benzene rings is 1. The number of furan rings is 1. The van der Waals surface area contributed by atoms with Crippen molar-refractivity contribution in [3.05, 3.63) is 24.0 Å². The fourth-order valence-electron chi connectivity index (χ4n) is 7.16. The van der Waals surface area contributed by atoms with Crippen molar-refractivity contribution in [2.24, 2.45) is 17.8 Å². The average molecular weight is 567 g/mol. The first-order valence-corrected chi connectivity index (χ1v) is 13.7. The summed E-state index contributed by atoms with van der Waals surface area (Å²) in [6.45, 7) is 0.784. The fourth-order valence-corrected chi connectivity index (χ4v) is 7.16. The lowest BCUT2D eigenvalue weighted by Gasteiger charge is -2.64. The molecule has 0 radical (unpaired) electrons. The van der Waals surface area contributed by atoms with Crippen LogP contribution in [0, 0.1) is 17.8 Å². The second-order valence-corrected chi connectivity index (χ2v) is 11.1. The Hall–Kier alpha value is -2.45. The Kier molecular flexibility index (Phi) is 8.05. The molecule has 2 aromatic rings. The predicted molar refractivity (Wildman–Crippen MR) is 137 cm³/mol. The molecule has 3 aliphatic rings. The molecule has 3 fully saturated rings. The van der Waals surface area contributed by atoms with Crippen LogP contribution in [0.4, 0.5) is 0 Å². The Balaban J connectivity index is 1.61. The van der Waals surface area contributed by atoms with E-state index in [0.29, 0.717) is 29.4 Å². The summed E-state index contributed by atoms with van der Waals surface area (Å²) >= 11 is 0. The largest absolute Gasteiger partial charge is 0.490 e. The van der Waals surface area contributed by atoms with E-state index in [2.05, 4.69) is 0 Å². The van der Waals surface area contributed by atoms with Crippen LogP contribution in [0.15, 0.2) is 22.8 Å². The summed E-state index contributed by atoms with van der Waals surface area (Å²) in [5, 5.41) is 67.1. The zero-order valence-electron chi connectivity index (χ0n) is 22.6. The standard InChI is InChI=1S/C28H38O12/c1-3-37-20(32)7-5-14-10-15-8-9-38-22(15)24(36-2)23(14)40-26-28(35)21-16(4-6-18(31)17(21)12-29)11-27(34,25(28)33)19(13-30)39-26/h8-10,16-19,21,25-26,29-31,33-35H,3-7,11-13H2,1-2H3. The predicted octanol–water partition coefficient (Wildman–Crippen LogP) is 0.255. The monoisotopic (exact) mass is 566 g/mol. The van der Waals surface area contributed by atoms with Crippen molar-refractivity contribution in [2.45, 2.75) is 74.8 Å². The maximum absolute atomic E-state index is 12.3. The Morgan fingerprint density at radius 1 is 1.15 bits per heavy atom. The van der Waals surface area contributed by atoms with Crippen molar-refractivity contribution >= 4 is 16.9 Å². The number of hydrogen-bond donors (Lipinski definition) is 6. The van der Waals surface area contributed by atoms with E-state index >= 15 is 0 Å². The molecule has 6 N–H and O–H groups in total. The van der Waals surface area contributed by atoms with E-state index in [1.54, 1.807) is 19.1 Å². The quantitative estimate of drug-likeness (QED) is 0.228. The molecule has 0 spiro atoms. The van der Waals surface area contributed by atoms with Crippen LogP contribution in [-0.4, -0.2) is 99.3 Å². The number of carbonyl (C=O) groups excluding carboxylic acids is 1. The lowest BCUT2D eigenvalue weighted by atomic mass is 9.51. The molecule has 9 unspecified atom stereocenters. The van der Waals surface area contributed by atoms with Crippen LogP contribution in [0.3, 0.4) is 0 Å². The summed E-state index contributed by atoms with van der Waals surface area (Å²) < 4.78 is 28.7. The van der Waals surface area contributed by atoms with Gasteiger partial charge < -0.3 is 54.0 Å². The van der Waals surface area contributed by atoms with Gasteiger partial charge >= 0.3 is 5.97 Å². The van der Waals surface area contributed by atoms with E-state index in [9.17, 15) is 35.4 Å². The van der Waals surface area contributed by atoms with E-state index in [-0.39, 0.29) is 37.4 Å². The number of ether oxygens (including phenoxy) is 4. The van der Waals surface area contributed by atoms with Gasteiger partial charge in [-0.25, -0.2) is 0 Å². The summed E-state index contributed by atoms with van der Waals surface area (Å²) in [6.07, 6.45) is -3.41. The third-order valence-electron chi connectivity index (χ3n) is 8.99. The number of carbonyl (C=O) groups is 1. The first-order chi connectivity index (χ1) is 19.1. The number of aliphatic hydroxyl groups is 6. The number of fused-ring (bicyclic) bond motifs is 5. The van der Waals surface area contributed by atoms with E-state index in [0.717, 1.165) is 0 Å². The van der Waals surface area contributed by atoms with Crippen molar-refractivity contribution in [3.63, 3.8) is 0 Å². The molecule has 9 atom stereocenters. The Morgan fingerprint density at radius 2 is 1.93 bits per heavy atom. The Bertz CT molecular complexity index is 1210. The summed E-state index contributed by atoms with van der Waals surface area (Å²) in [6, 6.07) is 3.45. The molecule has 2 bridgehead atoms. The van der Waals surface area contributed by atoms with Gasteiger partial charge in [-0.15, -0.1) is 0 Å². The molecule has 2 aliphatic carbocycles. The van der Waals surface area contributed by atoms with Crippen LogP contribution < -0.4 is 9.47 Å². The second-order valence-electron chi connectivity index (χ2n) is 11.1. The van der Waals surface area contributed by atoms with Gasteiger partial charge in [-0.05, 0) is 56.2 Å². The molecule has 1 aliphatic heterocycles. The summed E-state index contributed by atoms with van der Waals surface area (Å²) in [7, 11) is 1.40. The molecule has 1 aromatic heterocycles. The summed E-state index contributed by atoms with van der Waals surface area (Å²) in [5.41, 5.74) is -3.48. The molecule has 12 nitrogen and oxygen atoms in total. The first-order valence-electron chi connectivity index (χ1n) is 13.7. The molecule has 1 saturated heterocycles. The third-order valence-corrected chi connectivity index (χ3v) is 8.99. The minimum atomic E-state index is -2.31. The van der Waals surface area contributed by atoms with Gasteiger partial charge in [0, 0.05) is 30.2 Å². The lowest BCUT2D eigenvalue weighted by Crippen LogP contribution is -2.81. The molecule has 40 heavy (non-hydrogen) atoms. The molecule has 222 valence electrons. The number of aryl methyl sites for hydroxylation is 1. The highest BCUT2D eigenvalue weighted by molar-refractivity contribution is 5.87. The number of hydrogen-bond acceptors (Lipinski definition) is 12. The van der Waals surface area contributed by atoms with Crippen molar-refractivity contribution in [1.82, 2.24) is 0 Å². The van der Waals surface area contributed by atoms with Gasteiger partial charge in [-0.2, -0.15) is 0 Å². The molecular weight excluding hydrogens is 528 g/mol. The highest BCUT2D eigenvalue weighted by Crippen LogP contribution is 2.58. The first kappa shape index (κ1) is 29.1. The van der Waals surface area contributed by atoms with Gasteiger partial charge in [0.25, 0.3) is 0 Å². The number of aliphatic hydroxyl groups excluding tert-OH is 4. The zero-order valence-corrected chi connectivity index (χ0v) is 22.6. The number of methoxy groups -OCH3 is 1. The molecule has 2 saturated carbocycles. The number of rotatable bonds is 9. The molecule has 1 aromatic carbocycles. The fraction of sp³-hybridized carbons (Fsp3) is 0.679. The molecule has 12 heteroatoms. The van der Waals surface area contributed by atoms with Crippen molar-refractivity contribution in [3.8, 4) is 11.5 Å². The number of esters is 1. The van der Waals surface area contributed by atoms with E-state index in [4.69, 9.17) is 23.4 Å². The van der Waals surface area contributed by atoms with Gasteiger partial charge in [-0.3, -0.25) is 4.79 Å². The maximum atomic E-state index is 12.3. The minimum Gasteiger partial charge on any atom is -0.490 e. The van der Waals surface area contributed by atoms with Crippen molar-refractivity contribution < 1.29 is 58.8 Å². The highest BCUT2D eigenvalue weighted by Gasteiger charge is 2.72. The van der Waals surface area contributed by atoms with Crippen LogP contribution in [0.5, 0.6) is 11.5 Å². The third kappa shape index (κ3) is 4.46. The molecular formula is C28H38O12. The van der Waals surface area contributed by atoms with Crippen LogP contribution in [-0.2, 0) is 20.7 Å². The van der Waals surface area contributed by atoms with Gasteiger partial charge in [0.2, 0.25) is 12.0 Å². The molecule has 5 rings (SSSR count). The zero-order chi connectivity index (χ0) is 28.8. The minimum absolute atomic E-state index is 0.00518. The normalized spacial score (nSPS) is 37.1. The van der Waals surface area contributed by atoms with Crippen molar-refractivity contribution in [1.29, 1.82) is 0 Å². The molecule has 0 amide bonds. The van der Waals surface area contributed by atoms with Crippen LogP contribution >= 0.6 is 0 Å². The topological polar surface area (TPSA) is 189 Å². The van der Waals surface area contributed by atoms with Crippen LogP contribution in [0.25, 0.3) is 11.0 Å². The van der Waals surface area contributed by atoms with Crippen LogP contribution in [0.2, 0.25) is 0 Å². The van der Waals surface area contributed by atoms with Gasteiger partial charge in [-0.1, -0.05) is 0 Å². The summed E-state index contributed by atoms with van der Waals surface area (Å²) in [5.74, 6) is -2.37. The SMILES string of the molecule is CCOC(=O)CCc1cc2ccoc2c(OC)c1OC1OC(CO)C2(O)CC3CCC(O)C(CO)C3C1(O)C2O. The molecule has 2 heterocycles. The van der Waals surface area contributed by atoms with Gasteiger partial charge in [0.15, 0.2) is 16.9 Å². The smallest absolute Gasteiger partial charge is 0.306 e. The summed E-state index contributed by atoms with van der Waals surface area (Å²) in [4.78, 5) is 12.2. The highest BCUT2D eigenvalue weighted by atomic mass is 16.7. The van der Waals surface area contributed by atoms with E-state index < -0.39 is 72.7 Å². The van der Waals surface area contributed by atoms with E-state index in [1.165, 1.54) is 13.4 Å².